The number of aromatic nitrogens is 2. The van der Waals surface area contributed by atoms with E-state index in [-0.39, 0.29) is 49.0 Å². The number of halogens is 3. The normalized spacial score (nSPS) is 16.4. The molecular formula is C24H28F3N5O4. The highest BCUT2D eigenvalue weighted by Crippen LogP contribution is 2.38. The minimum Gasteiger partial charge on any atom is -0.497 e. The van der Waals surface area contributed by atoms with E-state index in [0.717, 1.165) is 4.68 Å². The lowest BCUT2D eigenvalue weighted by Crippen LogP contribution is -2.48. The van der Waals surface area contributed by atoms with Gasteiger partial charge in [-0.1, -0.05) is 0 Å². The minimum absolute atomic E-state index is 0.00127. The van der Waals surface area contributed by atoms with Crippen molar-refractivity contribution < 1.29 is 32.3 Å². The molecule has 1 fully saturated rings. The van der Waals surface area contributed by atoms with Crippen LogP contribution in [0.25, 0.3) is 5.69 Å². The Morgan fingerprint density at radius 1 is 1.19 bits per heavy atom. The predicted molar refractivity (Wildman–Crippen MR) is 123 cm³/mol. The number of alkyl halides is 3. The number of carbonyl (C=O) groups excluding carboxylic acids is 3. The fourth-order valence-electron chi connectivity index (χ4n) is 4.46. The first-order valence-electron chi connectivity index (χ1n) is 11.6. The molecule has 9 nitrogen and oxygen atoms in total. The quantitative estimate of drug-likeness (QED) is 0.592. The molecule has 0 saturated heterocycles. The van der Waals surface area contributed by atoms with Crippen molar-refractivity contribution in [3.05, 3.63) is 41.2 Å². The van der Waals surface area contributed by atoms with Crippen LogP contribution < -0.4 is 10.1 Å². The summed E-state index contributed by atoms with van der Waals surface area (Å²) in [6, 6.07) is 6.22. The number of fused-ring (bicyclic) bond motifs is 1. The molecule has 0 radical (unpaired) electrons. The van der Waals surface area contributed by atoms with Crippen LogP contribution in [0.5, 0.6) is 5.75 Å². The summed E-state index contributed by atoms with van der Waals surface area (Å²) in [5.74, 6) is -0.503. The number of carbonyl (C=O) groups is 3. The largest absolute Gasteiger partial charge is 0.497 e. The first-order valence-corrected chi connectivity index (χ1v) is 11.6. The molecule has 1 N–H and O–H groups in total. The molecule has 4 rings (SSSR count). The Labute approximate surface area is 206 Å². The van der Waals surface area contributed by atoms with E-state index in [1.54, 1.807) is 26.2 Å². The molecule has 36 heavy (non-hydrogen) atoms. The second-order valence-electron chi connectivity index (χ2n) is 9.26. The van der Waals surface area contributed by atoms with Crippen LogP contribution in [0.15, 0.2) is 24.3 Å². The highest BCUT2D eigenvalue weighted by Gasteiger charge is 2.51. The van der Waals surface area contributed by atoms with E-state index in [1.165, 1.54) is 29.0 Å². The second-order valence-corrected chi connectivity index (χ2v) is 9.26. The Morgan fingerprint density at radius 3 is 2.42 bits per heavy atom. The van der Waals surface area contributed by atoms with Gasteiger partial charge in [0.15, 0.2) is 5.69 Å². The maximum Gasteiger partial charge on any atom is 0.435 e. The fraction of sp³-hybridized carbons (Fsp3) is 0.500. The molecule has 3 amide bonds. The summed E-state index contributed by atoms with van der Waals surface area (Å²) in [6.45, 7) is 0.281. The molecule has 194 valence electrons. The van der Waals surface area contributed by atoms with E-state index in [9.17, 15) is 27.6 Å². The number of methoxy groups -OCH3 is 1. The van der Waals surface area contributed by atoms with Gasteiger partial charge in [0, 0.05) is 39.2 Å². The van der Waals surface area contributed by atoms with Gasteiger partial charge < -0.3 is 19.9 Å². The first-order chi connectivity index (χ1) is 17.0. The summed E-state index contributed by atoms with van der Waals surface area (Å²) in [5.41, 5.74) is -1.86. The van der Waals surface area contributed by atoms with Crippen molar-refractivity contribution in [3.63, 3.8) is 0 Å². The predicted octanol–water partition coefficient (Wildman–Crippen LogP) is 2.42. The molecule has 2 aliphatic rings. The maximum atomic E-state index is 13.7. The van der Waals surface area contributed by atoms with Crippen LogP contribution in [0.4, 0.5) is 13.2 Å². The van der Waals surface area contributed by atoms with Crippen molar-refractivity contribution in [2.24, 2.45) is 0 Å². The van der Waals surface area contributed by atoms with Crippen molar-refractivity contribution >= 4 is 17.7 Å². The molecule has 0 bridgehead atoms. The standard InChI is InChI=1S/C24H28F3N5O4/c1-30(2)22(35)23(11-12-23)28-18(33)5-4-13-31-14-10-17-19(21(31)34)32(29-20(17)24(25,26)27)15-6-8-16(36-3)9-7-15/h6-9H,4-5,10-14H2,1-3H3,(H,28,33). The van der Waals surface area contributed by atoms with Gasteiger partial charge in [-0.15, -0.1) is 0 Å². The van der Waals surface area contributed by atoms with Crippen LogP contribution in [0, 0.1) is 0 Å². The van der Waals surface area contributed by atoms with Crippen molar-refractivity contribution in [2.45, 2.75) is 43.8 Å². The third kappa shape index (κ3) is 4.89. The number of likely N-dealkylation sites (N-methyl/N-ethyl adjacent to an activating group) is 1. The molecule has 2 heterocycles. The SMILES string of the molecule is COc1ccc(-n2nc(C(F)(F)F)c3c2C(=O)N(CCCC(=O)NC2(C(=O)N(C)C)CC2)CC3)cc1. The number of hydrogen-bond donors (Lipinski definition) is 1. The molecule has 1 aromatic carbocycles. The second kappa shape index (κ2) is 9.47. The fourth-order valence-corrected chi connectivity index (χ4v) is 4.46. The van der Waals surface area contributed by atoms with Gasteiger partial charge in [0.2, 0.25) is 11.8 Å². The number of rotatable bonds is 8. The van der Waals surface area contributed by atoms with Gasteiger partial charge in [-0.05, 0) is 49.9 Å². The third-order valence-electron chi connectivity index (χ3n) is 6.47. The van der Waals surface area contributed by atoms with Crippen LogP contribution in [-0.2, 0) is 22.2 Å². The van der Waals surface area contributed by atoms with Gasteiger partial charge in [-0.3, -0.25) is 14.4 Å². The molecule has 1 saturated carbocycles. The van der Waals surface area contributed by atoms with E-state index in [0.29, 0.717) is 30.7 Å². The van der Waals surface area contributed by atoms with Crippen LogP contribution >= 0.6 is 0 Å². The van der Waals surface area contributed by atoms with Crippen LogP contribution in [0.1, 0.15) is 47.4 Å². The summed E-state index contributed by atoms with van der Waals surface area (Å²) in [7, 11) is 4.73. The van der Waals surface area contributed by atoms with Crippen LogP contribution in [-0.4, -0.2) is 77.1 Å². The van der Waals surface area contributed by atoms with Gasteiger partial charge in [-0.2, -0.15) is 18.3 Å². The van der Waals surface area contributed by atoms with Gasteiger partial charge in [0.1, 0.15) is 17.0 Å². The summed E-state index contributed by atoms with van der Waals surface area (Å²) >= 11 is 0. The first kappa shape index (κ1) is 25.5. The molecule has 1 aromatic heterocycles. The van der Waals surface area contributed by atoms with Gasteiger partial charge in [0.25, 0.3) is 5.91 Å². The van der Waals surface area contributed by atoms with Crippen molar-refractivity contribution in [1.29, 1.82) is 0 Å². The van der Waals surface area contributed by atoms with E-state index in [2.05, 4.69) is 10.4 Å². The zero-order chi connectivity index (χ0) is 26.3. The third-order valence-corrected chi connectivity index (χ3v) is 6.47. The van der Waals surface area contributed by atoms with Crippen molar-refractivity contribution in [2.75, 3.05) is 34.3 Å². The molecule has 1 aliphatic heterocycles. The summed E-state index contributed by atoms with van der Waals surface area (Å²) < 4.78 is 47.2. The Balaban J connectivity index is 1.47. The van der Waals surface area contributed by atoms with E-state index < -0.39 is 23.3 Å². The van der Waals surface area contributed by atoms with E-state index in [4.69, 9.17) is 4.74 Å². The van der Waals surface area contributed by atoms with Gasteiger partial charge >= 0.3 is 6.18 Å². The maximum absolute atomic E-state index is 13.7. The minimum atomic E-state index is -4.70. The number of hydrogen-bond acceptors (Lipinski definition) is 5. The Bertz CT molecular complexity index is 1170. The summed E-state index contributed by atoms with van der Waals surface area (Å²) in [6.07, 6.45) is -3.14. The Kier molecular flexibility index (Phi) is 6.72. The summed E-state index contributed by atoms with van der Waals surface area (Å²) in [4.78, 5) is 40.8. The molecule has 0 unspecified atom stereocenters. The summed E-state index contributed by atoms with van der Waals surface area (Å²) in [5, 5.41) is 6.55. The Hall–Kier alpha value is -3.57. The number of amides is 3. The molecule has 12 heteroatoms. The Morgan fingerprint density at radius 2 is 1.86 bits per heavy atom. The van der Waals surface area contributed by atoms with Crippen molar-refractivity contribution in [3.8, 4) is 11.4 Å². The van der Waals surface area contributed by atoms with E-state index >= 15 is 0 Å². The van der Waals surface area contributed by atoms with Crippen LogP contribution in [0.2, 0.25) is 0 Å². The smallest absolute Gasteiger partial charge is 0.435 e. The zero-order valence-corrected chi connectivity index (χ0v) is 20.3. The number of nitrogens with one attached hydrogen (secondary N) is 1. The number of nitrogens with zero attached hydrogens (tertiary/aromatic N) is 4. The highest BCUT2D eigenvalue weighted by molar-refractivity contribution is 5.96. The van der Waals surface area contributed by atoms with Crippen molar-refractivity contribution in [1.82, 2.24) is 24.9 Å². The molecular weight excluding hydrogens is 479 g/mol. The van der Waals surface area contributed by atoms with Crippen LogP contribution in [0.3, 0.4) is 0 Å². The average Bonchev–Trinajstić information content (AvgIpc) is 3.49. The molecule has 0 spiro atoms. The lowest BCUT2D eigenvalue weighted by molar-refractivity contribution is -0.142. The zero-order valence-electron chi connectivity index (χ0n) is 20.3. The lowest BCUT2D eigenvalue weighted by atomic mass is 10.0. The molecule has 0 atom stereocenters. The van der Waals surface area contributed by atoms with Gasteiger partial charge in [0.05, 0.1) is 12.8 Å². The topological polar surface area (TPSA) is 96.8 Å². The monoisotopic (exact) mass is 507 g/mol. The van der Waals surface area contributed by atoms with E-state index in [1.807, 2.05) is 0 Å². The number of ether oxygens (including phenoxy) is 1. The molecule has 2 aromatic rings. The molecule has 1 aliphatic carbocycles. The average molecular weight is 508 g/mol. The number of benzene rings is 1. The highest BCUT2D eigenvalue weighted by atomic mass is 19.4. The lowest BCUT2D eigenvalue weighted by Gasteiger charge is -2.28. The van der Waals surface area contributed by atoms with Gasteiger partial charge in [-0.25, -0.2) is 4.68 Å².